The van der Waals surface area contributed by atoms with Crippen LogP contribution in [0.25, 0.3) is 5.70 Å². The average molecular weight is 390 g/mol. The summed E-state index contributed by atoms with van der Waals surface area (Å²) in [6.07, 6.45) is 4.64. The second kappa shape index (κ2) is 8.70. The van der Waals surface area contributed by atoms with E-state index in [1.165, 1.54) is 16.9 Å². The Morgan fingerprint density at radius 1 is 1.03 bits per heavy atom. The van der Waals surface area contributed by atoms with Gasteiger partial charge in [0.15, 0.2) is 0 Å². The van der Waals surface area contributed by atoms with Crippen molar-refractivity contribution < 1.29 is 0 Å². The number of piperidine rings is 1. The zero-order chi connectivity index (χ0) is 20.2. The first-order chi connectivity index (χ1) is 14.1. The first-order valence-electron chi connectivity index (χ1n) is 10.4. The van der Waals surface area contributed by atoms with E-state index >= 15 is 0 Å². The third-order valence-electron chi connectivity index (χ3n) is 5.83. The molecule has 0 bridgehead atoms. The van der Waals surface area contributed by atoms with Crippen LogP contribution in [0.2, 0.25) is 0 Å². The van der Waals surface area contributed by atoms with Crippen molar-refractivity contribution in [1.82, 2.24) is 10.2 Å². The summed E-state index contributed by atoms with van der Waals surface area (Å²) in [5.74, 6) is 1.49. The normalized spacial score (nSPS) is 20.1. The molecule has 2 N–H and O–H groups in total. The number of benzene rings is 2. The second-order valence-electron chi connectivity index (χ2n) is 8.09. The summed E-state index contributed by atoms with van der Waals surface area (Å²) in [5, 5.41) is 7.05. The number of hydrogen-bond acceptors (Lipinski definition) is 5. The molecule has 2 aliphatic rings. The summed E-state index contributed by atoms with van der Waals surface area (Å²) in [6, 6.07) is 19.1. The molecule has 1 fully saturated rings. The van der Waals surface area contributed by atoms with E-state index in [-0.39, 0.29) is 6.17 Å². The Bertz CT molecular complexity index is 881. The Labute approximate surface area is 174 Å². The van der Waals surface area contributed by atoms with Crippen molar-refractivity contribution in [3.05, 3.63) is 66.2 Å². The molecule has 0 saturated carbocycles. The van der Waals surface area contributed by atoms with Gasteiger partial charge in [-0.25, -0.2) is 4.99 Å². The molecule has 2 aliphatic heterocycles. The van der Waals surface area contributed by atoms with E-state index in [1.54, 1.807) is 0 Å². The lowest BCUT2D eigenvalue weighted by atomic mass is 9.92. The van der Waals surface area contributed by atoms with Crippen LogP contribution in [0, 0.1) is 5.92 Å². The Hall–Kier alpha value is -2.79. The lowest BCUT2D eigenvalue weighted by molar-refractivity contribution is 0.209. The Morgan fingerprint density at radius 3 is 2.52 bits per heavy atom. The smallest absolute Gasteiger partial charge is 0.129 e. The standard InChI is InChI=1S/C24H31N5/c1-28(2)21-11-7-10-20(16-21)26-23-17-22(18-8-5-4-6-9-18)29(3)24(27-23)19-12-14-25-15-13-19/h4-11,16-17,19,24-25H,12-15H2,1-3H3,(H,26,27). The van der Waals surface area contributed by atoms with Gasteiger partial charge in [0.2, 0.25) is 0 Å². The molecule has 1 unspecified atom stereocenters. The maximum Gasteiger partial charge on any atom is 0.129 e. The van der Waals surface area contributed by atoms with E-state index in [9.17, 15) is 0 Å². The molecule has 1 saturated heterocycles. The molecule has 2 heterocycles. The predicted octanol–water partition coefficient (Wildman–Crippen LogP) is 3.88. The van der Waals surface area contributed by atoms with Crippen molar-refractivity contribution >= 4 is 22.9 Å². The van der Waals surface area contributed by atoms with E-state index in [1.807, 2.05) is 0 Å². The molecular formula is C24H31N5. The van der Waals surface area contributed by atoms with E-state index in [2.05, 4.69) is 102 Å². The summed E-state index contributed by atoms with van der Waals surface area (Å²) in [6.45, 7) is 2.14. The van der Waals surface area contributed by atoms with Crippen LogP contribution in [-0.4, -0.2) is 51.1 Å². The highest BCUT2D eigenvalue weighted by Gasteiger charge is 2.31. The fraction of sp³-hybridized carbons (Fsp3) is 0.375. The lowest BCUT2D eigenvalue weighted by Gasteiger charge is -2.39. The van der Waals surface area contributed by atoms with E-state index in [0.717, 1.165) is 37.5 Å². The molecule has 0 aromatic heterocycles. The molecule has 4 rings (SSSR count). The first-order valence-corrected chi connectivity index (χ1v) is 10.4. The van der Waals surface area contributed by atoms with Crippen LogP contribution in [0.5, 0.6) is 0 Å². The zero-order valence-corrected chi connectivity index (χ0v) is 17.6. The van der Waals surface area contributed by atoms with Crippen molar-refractivity contribution in [1.29, 1.82) is 0 Å². The van der Waals surface area contributed by atoms with Gasteiger partial charge in [0.1, 0.15) is 12.0 Å². The minimum Gasteiger partial charge on any atom is -0.378 e. The lowest BCUT2D eigenvalue weighted by Crippen LogP contribution is -2.43. The molecule has 2 aromatic carbocycles. The van der Waals surface area contributed by atoms with Gasteiger partial charge in [-0.15, -0.1) is 0 Å². The molecule has 2 aromatic rings. The number of nitrogens with zero attached hydrogens (tertiary/aromatic N) is 3. The maximum atomic E-state index is 5.15. The summed E-state index contributed by atoms with van der Waals surface area (Å²) in [7, 11) is 6.30. The van der Waals surface area contributed by atoms with Crippen LogP contribution >= 0.6 is 0 Å². The van der Waals surface area contributed by atoms with E-state index in [4.69, 9.17) is 4.99 Å². The number of rotatable bonds is 4. The third-order valence-corrected chi connectivity index (χ3v) is 5.83. The Balaban J connectivity index is 1.67. The summed E-state index contributed by atoms with van der Waals surface area (Å²) in [5.41, 5.74) is 4.68. The molecule has 5 heteroatoms. The molecule has 0 aliphatic carbocycles. The molecule has 29 heavy (non-hydrogen) atoms. The molecule has 152 valence electrons. The first kappa shape index (κ1) is 19.5. The fourth-order valence-corrected chi connectivity index (χ4v) is 4.18. The Morgan fingerprint density at radius 2 is 1.79 bits per heavy atom. The largest absolute Gasteiger partial charge is 0.378 e. The van der Waals surface area contributed by atoms with Crippen LogP contribution in [0.4, 0.5) is 11.4 Å². The van der Waals surface area contributed by atoms with Crippen LogP contribution < -0.4 is 15.5 Å². The molecule has 5 nitrogen and oxygen atoms in total. The molecule has 0 radical (unpaired) electrons. The summed E-state index contributed by atoms with van der Waals surface area (Å²) in [4.78, 5) is 9.62. The molecule has 0 spiro atoms. The minimum absolute atomic E-state index is 0.150. The van der Waals surface area contributed by atoms with Gasteiger partial charge in [0.25, 0.3) is 0 Å². The highest BCUT2D eigenvalue weighted by atomic mass is 15.3. The number of nitrogens with one attached hydrogen (secondary N) is 2. The maximum absolute atomic E-state index is 5.15. The number of anilines is 2. The SMILES string of the molecule is CN(C)c1cccc(NC2=NC(C3CCNCC3)N(C)C(c3ccccc3)=C2)c1. The molecule has 1 atom stereocenters. The van der Waals surface area contributed by atoms with Gasteiger partial charge in [0, 0.05) is 50.2 Å². The minimum atomic E-state index is 0.150. The number of amidine groups is 1. The van der Waals surface area contributed by atoms with Gasteiger partial charge in [-0.1, -0.05) is 36.4 Å². The van der Waals surface area contributed by atoms with Crippen molar-refractivity contribution in [2.75, 3.05) is 44.4 Å². The van der Waals surface area contributed by atoms with Crippen LogP contribution in [0.1, 0.15) is 18.4 Å². The van der Waals surface area contributed by atoms with Gasteiger partial charge in [-0.05, 0) is 49.7 Å². The average Bonchev–Trinajstić information content (AvgIpc) is 2.76. The van der Waals surface area contributed by atoms with Crippen molar-refractivity contribution in [2.45, 2.75) is 19.0 Å². The van der Waals surface area contributed by atoms with Crippen LogP contribution in [0.3, 0.4) is 0 Å². The van der Waals surface area contributed by atoms with Gasteiger partial charge in [0.05, 0.1) is 0 Å². The van der Waals surface area contributed by atoms with Gasteiger partial charge >= 0.3 is 0 Å². The van der Waals surface area contributed by atoms with Crippen molar-refractivity contribution in [3.63, 3.8) is 0 Å². The molecular weight excluding hydrogens is 358 g/mol. The van der Waals surface area contributed by atoms with Crippen LogP contribution in [0.15, 0.2) is 65.7 Å². The summed E-state index contributed by atoms with van der Waals surface area (Å²) < 4.78 is 0. The quantitative estimate of drug-likeness (QED) is 0.833. The van der Waals surface area contributed by atoms with Crippen molar-refractivity contribution in [3.8, 4) is 0 Å². The topological polar surface area (TPSA) is 42.9 Å². The van der Waals surface area contributed by atoms with Crippen LogP contribution in [-0.2, 0) is 0 Å². The van der Waals surface area contributed by atoms with Gasteiger partial charge in [-0.2, -0.15) is 0 Å². The summed E-state index contributed by atoms with van der Waals surface area (Å²) >= 11 is 0. The van der Waals surface area contributed by atoms with Gasteiger partial charge in [-0.3, -0.25) is 0 Å². The molecule has 0 amide bonds. The monoisotopic (exact) mass is 389 g/mol. The second-order valence-corrected chi connectivity index (χ2v) is 8.09. The van der Waals surface area contributed by atoms with Crippen molar-refractivity contribution in [2.24, 2.45) is 10.9 Å². The number of hydrogen-bond donors (Lipinski definition) is 2. The Kier molecular flexibility index (Phi) is 5.86. The predicted molar refractivity (Wildman–Crippen MR) is 123 cm³/mol. The highest BCUT2D eigenvalue weighted by Crippen LogP contribution is 2.31. The van der Waals surface area contributed by atoms with E-state index < -0.39 is 0 Å². The third kappa shape index (κ3) is 4.46. The fourth-order valence-electron chi connectivity index (χ4n) is 4.18. The highest BCUT2D eigenvalue weighted by molar-refractivity contribution is 6.08. The van der Waals surface area contributed by atoms with Gasteiger partial charge < -0.3 is 20.4 Å². The van der Waals surface area contributed by atoms with E-state index in [0.29, 0.717) is 5.92 Å². The zero-order valence-electron chi connectivity index (χ0n) is 17.6. The number of aliphatic imine (C=N–C) groups is 1.